The van der Waals surface area contributed by atoms with Crippen LogP contribution in [-0.4, -0.2) is 63.9 Å². The highest BCUT2D eigenvalue weighted by molar-refractivity contribution is 6.06. The van der Waals surface area contributed by atoms with Crippen LogP contribution < -0.4 is 0 Å². The van der Waals surface area contributed by atoms with Crippen LogP contribution in [0.4, 0.5) is 0 Å². The van der Waals surface area contributed by atoms with Crippen LogP contribution in [0.1, 0.15) is 44.3 Å². The van der Waals surface area contributed by atoms with Crippen LogP contribution in [0.3, 0.4) is 0 Å². The second-order valence-corrected chi connectivity index (χ2v) is 11.6. The van der Waals surface area contributed by atoms with Crippen molar-refractivity contribution in [3.05, 3.63) is 156 Å². The maximum absolute atomic E-state index is 14.0. The highest BCUT2D eigenvalue weighted by Gasteiger charge is 2.36. The molecule has 6 aromatic rings. The first-order chi connectivity index (χ1) is 22.7. The van der Waals surface area contributed by atoms with Crippen LogP contribution in [0.2, 0.25) is 0 Å². The molecule has 46 heavy (non-hydrogen) atoms. The van der Waals surface area contributed by atoms with Crippen molar-refractivity contribution in [3.8, 4) is 0 Å². The van der Waals surface area contributed by atoms with E-state index in [4.69, 9.17) is 4.74 Å². The van der Waals surface area contributed by atoms with Crippen LogP contribution in [0.25, 0.3) is 21.5 Å². The fourth-order valence-electron chi connectivity index (χ4n) is 6.60. The third-order valence-electron chi connectivity index (χ3n) is 8.85. The maximum Gasteiger partial charge on any atom is 0.340 e. The molecule has 1 saturated heterocycles. The lowest BCUT2D eigenvalue weighted by molar-refractivity contribution is 0.0219. The van der Waals surface area contributed by atoms with Gasteiger partial charge in [0.05, 0.1) is 23.8 Å². The first kappa shape index (κ1) is 29.3. The van der Waals surface area contributed by atoms with Gasteiger partial charge in [-0.1, -0.05) is 109 Å². The van der Waals surface area contributed by atoms with Gasteiger partial charge in [0.25, 0.3) is 5.91 Å². The van der Waals surface area contributed by atoms with Crippen molar-refractivity contribution in [1.29, 1.82) is 0 Å². The van der Waals surface area contributed by atoms with E-state index >= 15 is 0 Å². The second kappa shape index (κ2) is 13.3. The predicted octanol–water partition coefficient (Wildman–Crippen LogP) is 6.95. The van der Waals surface area contributed by atoms with E-state index in [1.807, 2.05) is 65.6 Å². The van der Waals surface area contributed by atoms with Crippen molar-refractivity contribution < 1.29 is 14.3 Å². The molecule has 1 fully saturated rings. The Balaban J connectivity index is 1.18. The summed E-state index contributed by atoms with van der Waals surface area (Å²) in [6.45, 7) is 1.92. The molecule has 228 valence electrons. The largest absolute Gasteiger partial charge is 0.462 e. The minimum Gasteiger partial charge on any atom is -0.462 e. The van der Waals surface area contributed by atoms with Crippen molar-refractivity contribution in [1.82, 2.24) is 19.8 Å². The summed E-state index contributed by atoms with van der Waals surface area (Å²) in [6, 6.07) is 36.3. The maximum atomic E-state index is 14.0. The highest BCUT2D eigenvalue weighted by atomic mass is 16.5. The Labute approximate surface area is 268 Å². The Morgan fingerprint density at radius 1 is 0.674 bits per heavy atom. The summed E-state index contributed by atoms with van der Waals surface area (Å²) in [5.41, 5.74) is 3.40. The molecule has 1 atom stereocenters. The number of amides is 1. The molecule has 1 unspecified atom stereocenters. The van der Waals surface area contributed by atoms with E-state index in [0.29, 0.717) is 37.2 Å². The van der Waals surface area contributed by atoms with Crippen molar-refractivity contribution in [3.63, 3.8) is 0 Å². The minimum absolute atomic E-state index is 0.0261. The number of pyridine rings is 2. The number of fused-ring (bicyclic) bond motifs is 2. The third-order valence-corrected chi connectivity index (χ3v) is 8.85. The van der Waals surface area contributed by atoms with E-state index in [0.717, 1.165) is 21.5 Å². The Morgan fingerprint density at radius 3 is 1.85 bits per heavy atom. The standard InChI is InChI=1S/C39H34N4O3/c44-38(35-25-40-23-30-15-7-9-17-33(30)35)42-20-21-43(37(28-11-3-1-4-12-28)29-13-5-2-6-14-29)32(27-42)19-22-46-39(45)36-26-41-24-31-16-8-10-18-34(31)36/h1-18,23-26,32,37H,19-22,27H2. The van der Waals surface area contributed by atoms with E-state index in [2.05, 4.69) is 63.4 Å². The summed E-state index contributed by atoms with van der Waals surface area (Å²) >= 11 is 0. The summed E-state index contributed by atoms with van der Waals surface area (Å²) < 4.78 is 5.90. The SMILES string of the molecule is O=C(OCCC1CN(C(=O)c2cncc3ccccc23)CCN1C(c1ccccc1)c1ccccc1)c1cncc2ccccc12. The van der Waals surface area contributed by atoms with Gasteiger partial charge in [0.1, 0.15) is 0 Å². The fourth-order valence-corrected chi connectivity index (χ4v) is 6.60. The topological polar surface area (TPSA) is 75.6 Å². The minimum atomic E-state index is -0.399. The number of rotatable bonds is 8. The molecule has 0 aliphatic carbocycles. The number of hydrogen-bond acceptors (Lipinski definition) is 6. The quantitative estimate of drug-likeness (QED) is 0.175. The molecular weight excluding hydrogens is 572 g/mol. The van der Waals surface area contributed by atoms with E-state index < -0.39 is 5.97 Å². The van der Waals surface area contributed by atoms with Gasteiger partial charge >= 0.3 is 5.97 Å². The third kappa shape index (κ3) is 5.97. The zero-order valence-electron chi connectivity index (χ0n) is 25.4. The van der Waals surface area contributed by atoms with Gasteiger partial charge < -0.3 is 9.64 Å². The van der Waals surface area contributed by atoms with Gasteiger partial charge in [-0.3, -0.25) is 19.7 Å². The first-order valence-electron chi connectivity index (χ1n) is 15.6. The molecule has 1 aliphatic heterocycles. The van der Waals surface area contributed by atoms with Gasteiger partial charge in [0, 0.05) is 61.2 Å². The number of carbonyl (C=O) groups excluding carboxylic acids is 2. The Morgan fingerprint density at radius 2 is 1.22 bits per heavy atom. The van der Waals surface area contributed by atoms with Gasteiger partial charge in [-0.2, -0.15) is 0 Å². The van der Waals surface area contributed by atoms with Gasteiger partial charge in [0.15, 0.2) is 0 Å². The lowest BCUT2D eigenvalue weighted by Crippen LogP contribution is -2.56. The molecule has 7 heteroatoms. The molecule has 0 spiro atoms. The van der Waals surface area contributed by atoms with Crippen LogP contribution in [0.15, 0.2) is 134 Å². The number of hydrogen-bond donors (Lipinski definition) is 0. The summed E-state index contributed by atoms with van der Waals surface area (Å²) in [6.07, 6.45) is 7.32. The monoisotopic (exact) mass is 606 g/mol. The van der Waals surface area contributed by atoms with E-state index in [-0.39, 0.29) is 24.6 Å². The molecule has 0 radical (unpaired) electrons. The molecule has 4 aromatic carbocycles. The van der Waals surface area contributed by atoms with Crippen molar-refractivity contribution in [2.24, 2.45) is 0 Å². The number of esters is 1. The predicted molar refractivity (Wildman–Crippen MR) is 180 cm³/mol. The average Bonchev–Trinajstić information content (AvgIpc) is 3.12. The van der Waals surface area contributed by atoms with Crippen LogP contribution >= 0.6 is 0 Å². The number of aromatic nitrogens is 2. The van der Waals surface area contributed by atoms with Crippen molar-refractivity contribution in [2.45, 2.75) is 18.5 Å². The van der Waals surface area contributed by atoms with Gasteiger partial charge in [-0.25, -0.2) is 4.79 Å². The van der Waals surface area contributed by atoms with Crippen molar-refractivity contribution >= 4 is 33.4 Å². The van der Waals surface area contributed by atoms with Crippen LogP contribution in [0.5, 0.6) is 0 Å². The number of piperazine rings is 1. The first-order valence-corrected chi connectivity index (χ1v) is 15.6. The summed E-state index contributed by atoms with van der Waals surface area (Å²) in [7, 11) is 0. The summed E-state index contributed by atoms with van der Waals surface area (Å²) in [5, 5.41) is 3.54. The number of ether oxygens (including phenoxy) is 1. The fraction of sp³-hybridized carbons (Fsp3) is 0.179. The zero-order chi connectivity index (χ0) is 31.3. The molecular formula is C39H34N4O3. The molecule has 1 aliphatic rings. The lowest BCUT2D eigenvalue weighted by atomic mass is 9.93. The summed E-state index contributed by atoms with van der Waals surface area (Å²) in [4.78, 5) is 40.3. The van der Waals surface area contributed by atoms with Gasteiger partial charge in [-0.05, 0) is 28.3 Å². The summed E-state index contributed by atoms with van der Waals surface area (Å²) in [5.74, 6) is -0.437. The molecule has 0 N–H and O–H groups in total. The second-order valence-electron chi connectivity index (χ2n) is 11.6. The molecule has 0 bridgehead atoms. The Hall–Kier alpha value is -5.40. The van der Waals surface area contributed by atoms with Crippen LogP contribution in [-0.2, 0) is 4.74 Å². The molecule has 1 amide bonds. The Kier molecular flexibility index (Phi) is 8.48. The average molecular weight is 607 g/mol. The van der Waals surface area contributed by atoms with E-state index in [1.165, 1.54) is 11.1 Å². The Bertz CT molecular complexity index is 1930. The normalized spacial score (nSPS) is 15.3. The van der Waals surface area contributed by atoms with Crippen LogP contribution in [0, 0.1) is 0 Å². The smallest absolute Gasteiger partial charge is 0.340 e. The number of benzene rings is 4. The van der Waals surface area contributed by atoms with Gasteiger partial charge in [0.2, 0.25) is 0 Å². The van der Waals surface area contributed by atoms with Gasteiger partial charge in [-0.15, -0.1) is 0 Å². The van der Waals surface area contributed by atoms with E-state index in [1.54, 1.807) is 24.8 Å². The van der Waals surface area contributed by atoms with E-state index in [9.17, 15) is 9.59 Å². The molecule has 7 rings (SSSR count). The lowest BCUT2D eigenvalue weighted by Gasteiger charge is -2.45. The number of carbonyl (C=O) groups is 2. The van der Waals surface area contributed by atoms with Crippen molar-refractivity contribution in [2.75, 3.05) is 26.2 Å². The molecule has 0 saturated carbocycles. The highest BCUT2D eigenvalue weighted by Crippen LogP contribution is 2.33. The zero-order valence-corrected chi connectivity index (χ0v) is 25.4. The molecule has 3 heterocycles. The molecule has 7 nitrogen and oxygen atoms in total. The number of nitrogens with zero attached hydrogens (tertiary/aromatic N) is 4. The molecule has 2 aromatic heterocycles.